The number of Topliss-reactive ketones (excluding diaryl/α,β-unsaturated/α-hetero) is 1. The van der Waals surface area contributed by atoms with E-state index in [9.17, 15) is 4.79 Å². The first-order valence-electron chi connectivity index (χ1n) is 6.65. The number of hydrogen-bond donors (Lipinski definition) is 0. The van der Waals surface area contributed by atoms with Gasteiger partial charge in [0.05, 0.1) is 12.6 Å². The van der Waals surface area contributed by atoms with E-state index in [1.54, 1.807) is 7.11 Å². The van der Waals surface area contributed by atoms with Crippen LogP contribution in [0.5, 0.6) is 0 Å². The summed E-state index contributed by atoms with van der Waals surface area (Å²) < 4.78 is 6.35. The quantitative estimate of drug-likeness (QED) is 0.796. The van der Waals surface area contributed by atoms with Crippen molar-refractivity contribution in [3.05, 3.63) is 34.3 Å². The van der Waals surface area contributed by atoms with E-state index in [1.165, 1.54) is 0 Å². The average Bonchev–Trinajstić information content (AvgIpc) is 2.41. The van der Waals surface area contributed by atoms with E-state index in [-0.39, 0.29) is 5.78 Å². The molecular weight excluding hydrogens is 306 g/mol. The van der Waals surface area contributed by atoms with Crippen LogP contribution in [0.3, 0.4) is 0 Å². The van der Waals surface area contributed by atoms with E-state index >= 15 is 0 Å². The zero-order valence-corrected chi connectivity index (χ0v) is 13.0. The predicted molar refractivity (Wildman–Crippen MR) is 79.5 cm³/mol. The highest BCUT2D eigenvalue weighted by molar-refractivity contribution is 9.10. The summed E-state index contributed by atoms with van der Waals surface area (Å²) in [6, 6.07) is 7.99. The zero-order chi connectivity index (χ0) is 13.8. The van der Waals surface area contributed by atoms with E-state index in [2.05, 4.69) is 27.8 Å². The monoisotopic (exact) mass is 325 g/mol. The maximum Gasteiger partial charge on any atom is 0.176 e. The Morgan fingerprint density at radius 2 is 2.32 bits per heavy atom. The van der Waals surface area contributed by atoms with Crippen molar-refractivity contribution in [1.82, 2.24) is 4.90 Å². The number of benzene rings is 1. The molecular formula is C15H20BrNO2. The summed E-state index contributed by atoms with van der Waals surface area (Å²) in [5, 5.41) is 0. The number of hydrogen-bond acceptors (Lipinski definition) is 3. The van der Waals surface area contributed by atoms with E-state index in [1.807, 2.05) is 24.3 Å². The second-order valence-electron chi connectivity index (χ2n) is 5.14. The lowest BCUT2D eigenvalue weighted by Gasteiger charge is -2.36. The Labute approximate surface area is 123 Å². The van der Waals surface area contributed by atoms with Crippen molar-refractivity contribution >= 4 is 21.7 Å². The smallest absolute Gasteiger partial charge is 0.176 e. The minimum Gasteiger partial charge on any atom is -0.381 e. The van der Waals surface area contributed by atoms with Gasteiger partial charge in [0.1, 0.15) is 0 Å². The second-order valence-corrected chi connectivity index (χ2v) is 6.05. The lowest BCUT2D eigenvalue weighted by atomic mass is 9.99. The number of halogens is 1. The summed E-state index contributed by atoms with van der Waals surface area (Å²) >= 11 is 3.40. The van der Waals surface area contributed by atoms with E-state index in [0.717, 1.165) is 29.4 Å². The number of carbonyl (C=O) groups is 1. The van der Waals surface area contributed by atoms with E-state index < -0.39 is 0 Å². The van der Waals surface area contributed by atoms with Crippen LogP contribution >= 0.6 is 15.9 Å². The first kappa shape index (κ1) is 14.7. The van der Waals surface area contributed by atoms with Crippen LogP contribution in [0.1, 0.15) is 30.1 Å². The fourth-order valence-electron chi connectivity index (χ4n) is 2.56. The molecule has 0 aliphatic carbocycles. The normalized spacial score (nSPS) is 24.4. The SMILES string of the molecule is COC1CCN(CC(=O)c2cccc(Br)c2)C(C)C1. The van der Waals surface area contributed by atoms with Crippen LogP contribution in [-0.2, 0) is 4.74 Å². The molecule has 1 aromatic rings. The minimum atomic E-state index is 0.184. The van der Waals surface area contributed by atoms with Gasteiger partial charge in [0, 0.05) is 29.7 Å². The van der Waals surface area contributed by atoms with E-state index in [0.29, 0.717) is 18.7 Å². The zero-order valence-electron chi connectivity index (χ0n) is 11.4. The highest BCUT2D eigenvalue weighted by atomic mass is 79.9. The van der Waals surface area contributed by atoms with Gasteiger partial charge >= 0.3 is 0 Å². The van der Waals surface area contributed by atoms with Gasteiger partial charge in [-0.05, 0) is 31.9 Å². The van der Waals surface area contributed by atoms with Crippen molar-refractivity contribution < 1.29 is 9.53 Å². The third-order valence-corrected chi connectivity index (χ3v) is 4.29. The highest BCUT2D eigenvalue weighted by Crippen LogP contribution is 2.20. The van der Waals surface area contributed by atoms with Crippen LogP contribution in [0.4, 0.5) is 0 Å². The second kappa shape index (κ2) is 6.64. The number of ketones is 1. The first-order valence-corrected chi connectivity index (χ1v) is 7.45. The Morgan fingerprint density at radius 3 is 2.95 bits per heavy atom. The van der Waals surface area contributed by atoms with Crippen LogP contribution in [0.25, 0.3) is 0 Å². The van der Waals surface area contributed by atoms with Gasteiger partial charge in [0.25, 0.3) is 0 Å². The standard InChI is InChI=1S/C15H20BrNO2/c1-11-8-14(19-2)6-7-17(11)10-15(18)12-4-3-5-13(16)9-12/h3-5,9,11,14H,6-8,10H2,1-2H3. The van der Waals surface area contributed by atoms with Gasteiger partial charge in [-0.3, -0.25) is 9.69 Å². The summed E-state index contributed by atoms with van der Waals surface area (Å²) in [6.07, 6.45) is 2.35. The topological polar surface area (TPSA) is 29.5 Å². The molecule has 2 rings (SSSR count). The number of piperidine rings is 1. The summed E-state index contributed by atoms with van der Waals surface area (Å²) in [5.74, 6) is 0.184. The molecule has 19 heavy (non-hydrogen) atoms. The van der Waals surface area contributed by atoms with Crippen molar-refractivity contribution in [2.75, 3.05) is 20.2 Å². The maximum atomic E-state index is 12.3. The molecule has 0 radical (unpaired) electrons. The Hall–Kier alpha value is -0.710. The third-order valence-electron chi connectivity index (χ3n) is 3.79. The van der Waals surface area contributed by atoms with Crippen molar-refractivity contribution in [3.8, 4) is 0 Å². The summed E-state index contributed by atoms with van der Waals surface area (Å²) in [5.41, 5.74) is 0.774. The van der Waals surface area contributed by atoms with Gasteiger partial charge in [0.2, 0.25) is 0 Å². The molecule has 2 unspecified atom stereocenters. The van der Waals surface area contributed by atoms with E-state index in [4.69, 9.17) is 4.74 Å². The maximum absolute atomic E-state index is 12.3. The van der Waals surface area contributed by atoms with Crippen molar-refractivity contribution in [2.45, 2.75) is 31.9 Å². The number of ether oxygens (including phenoxy) is 1. The van der Waals surface area contributed by atoms with Crippen LogP contribution in [0, 0.1) is 0 Å². The molecule has 3 nitrogen and oxygen atoms in total. The van der Waals surface area contributed by atoms with Crippen molar-refractivity contribution in [3.63, 3.8) is 0 Å². The molecule has 0 amide bonds. The van der Waals surface area contributed by atoms with Crippen LogP contribution in [0.2, 0.25) is 0 Å². The molecule has 1 heterocycles. The Bertz CT molecular complexity index is 450. The van der Waals surface area contributed by atoms with Gasteiger partial charge in [-0.15, -0.1) is 0 Å². The summed E-state index contributed by atoms with van der Waals surface area (Å²) in [7, 11) is 1.76. The Kier molecular flexibility index (Phi) is 5.13. The number of likely N-dealkylation sites (tertiary alicyclic amines) is 1. The van der Waals surface area contributed by atoms with Gasteiger partial charge in [0.15, 0.2) is 5.78 Å². The van der Waals surface area contributed by atoms with Crippen LogP contribution < -0.4 is 0 Å². The Morgan fingerprint density at radius 1 is 1.53 bits per heavy atom. The number of carbonyl (C=O) groups excluding carboxylic acids is 1. The van der Waals surface area contributed by atoms with Gasteiger partial charge in [-0.2, -0.15) is 0 Å². The van der Waals surface area contributed by atoms with Crippen LogP contribution in [-0.4, -0.2) is 43.0 Å². The molecule has 0 aromatic heterocycles. The number of rotatable bonds is 4. The minimum absolute atomic E-state index is 0.184. The fraction of sp³-hybridized carbons (Fsp3) is 0.533. The molecule has 1 aromatic carbocycles. The molecule has 0 bridgehead atoms. The average molecular weight is 326 g/mol. The van der Waals surface area contributed by atoms with Crippen LogP contribution in [0.15, 0.2) is 28.7 Å². The Balaban J connectivity index is 1.96. The lowest BCUT2D eigenvalue weighted by molar-refractivity contribution is 0.0167. The third kappa shape index (κ3) is 3.88. The van der Waals surface area contributed by atoms with Crippen molar-refractivity contribution in [2.24, 2.45) is 0 Å². The molecule has 0 spiro atoms. The number of nitrogens with zero attached hydrogens (tertiary/aromatic N) is 1. The predicted octanol–water partition coefficient (Wildman–Crippen LogP) is 3.13. The summed E-state index contributed by atoms with van der Waals surface area (Å²) in [4.78, 5) is 14.5. The largest absolute Gasteiger partial charge is 0.381 e. The fourth-order valence-corrected chi connectivity index (χ4v) is 2.96. The van der Waals surface area contributed by atoms with Gasteiger partial charge < -0.3 is 4.74 Å². The molecule has 1 fully saturated rings. The molecule has 2 atom stereocenters. The van der Waals surface area contributed by atoms with Gasteiger partial charge in [-0.25, -0.2) is 0 Å². The molecule has 1 aliphatic heterocycles. The lowest BCUT2D eigenvalue weighted by Crippen LogP contribution is -2.45. The van der Waals surface area contributed by atoms with Crippen molar-refractivity contribution in [1.29, 1.82) is 0 Å². The molecule has 104 valence electrons. The molecule has 1 saturated heterocycles. The molecule has 0 N–H and O–H groups in total. The summed E-state index contributed by atoms with van der Waals surface area (Å²) in [6.45, 7) is 3.59. The first-order chi connectivity index (χ1) is 9.10. The molecule has 0 saturated carbocycles. The molecule has 1 aliphatic rings. The number of methoxy groups -OCH3 is 1. The van der Waals surface area contributed by atoms with Gasteiger partial charge in [-0.1, -0.05) is 28.1 Å². The highest BCUT2D eigenvalue weighted by Gasteiger charge is 2.26. The molecule has 4 heteroatoms.